The van der Waals surface area contributed by atoms with Crippen LogP contribution in [0.1, 0.15) is 16.6 Å². The first kappa shape index (κ1) is 14.1. The van der Waals surface area contributed by atoms with Crippen LogP contribution in [0.2, 0.25) is 0 Å². The molecule has 0 amide bonds. The third-order valence-electron chi connectivity index (χ3n) is 2.64. The fraction of sp³-hybridized carbons (Fsp3) is 0.667. The first-order valence-corrected chi connectivity index (χ1v) is 8.30. The van der Waals surface area contributed by atoms with Gasteiger partial charge in [0.25, 0.3) is 0 Å². The predicted octanol–water partition coefficient (Wildman–Crippen LogP) is 1.73. The van der Waals surface area contributed by atoms with Crippen LogP contribution in [-0.4, -0.2) is 47.5 Å². The number of aromatic nitrogens is 2. The monoisotopic (exact) mass is 285 g/mol. The molecular formula is C12H19N3OS2. The maximum Gasteiger partial charge on any atom is 0.141 e. The Bertz CT molecular complexity index is 342. The summed E-state index contributed by atoms with van der Waals surface area (Å²) in [6, 6.07) is 0. The Balaban J connectivity index is 1.81. The lowest BCUT2D eigenvalue weighted by atomic mass is 10.3. The molecule has 18 heavy (non-hydrogen) atoms. The molecule has 1 aliphatic heterocycles. The molecule has 0 aliphatic carbocycles. The minimum Gasteiger partial charge on any atom is -0.383 e. The Hall–Kier alpha value is -0.300. The lowest BCUT2D eigenvalue weighted by molar-refractivity contribution is 0.199. The SMILES string of the molecule is COCCNCc1cnc(C2CSCCS2)nc1. The van der Waals surface area contributed by atoms with E-state index in [2.05, 4.69) is 15.3 Å². The van der Waals surface area contributed by atoms with Gasteiger partial charge in [-0.05, 0) is 0 Å². The van der Waals surface area contributed by atoms with Gasteiger partial charge in [0.1, 0.15) is 5.82 Å². The topological polar surface area (TPSA) is 47.0 Å². The summed E-state index contributed by atoms with van der Waals surface area (Å²) < 4.78 is 4.98. The van der Waals surface area contributed by atoms with Gasteiger partial charge >= 0.3 is 0 Å². The third kappa shape index (κ3) is 4.42. The van der Waals surface area contributed by atoms with Crippen LogP contribution in [0.4, 0.5) is 0 Å². The van der Waals surface area contributed by atoms with E-state index in [0.29, 0.717) is 5.25 Å². The molecule has 0 spiro atoms. The van der Waals surface area contributed by atoms with Crippen LogP contribution in [-0.2, 0) is 11.3 Å². The van der Waals surface area contributed by atoms with Crippen LogP contribution >= 0.6 is 23.5 Å². The quantitative estimate of drug-likeness (QED) is 0.803. The van der Waals surface area contributed by atoms with Gasteiger partial charge in [0.05, 0.1) is 11.9 Å². The average Bonchev–Trinajstić information content (AvgIpc) is 2.45. The standard InChI is InChI=1S/C12H19N3OS2/c1-16-3-2-13-6-10-7-14-12(15-8-10)11-9-17-4-5-18-11/h7-8,11,13H,2-6,9H2,1H3. The lowest BCUT2D eigenvalue weighted by Crippen LogP contribution is -2.19. The highest BCUT2D eigenvalue weighted by Gasteiger charge is 2.18. The van der Waals surface area contributed by atoms with Crippen molar-refractivity contribution in [3.63, 3.8) is 0 Å². The second-order valence-corrected chi connectivity index (χ2v) is 6.51. The molecule has 1 atom stereocenters. The molecule has 1 aliphatic rings. The van der Waals surface area contributed by atoms with Crippen molar-refractivity contribution in [2.24, 2.45) is 0 Å². The Morgan fingerprint density at radius 1 is 1.39 bits per heavy atom. The molecule has 1 aromatic rings. The van der Waals surface area contributed by atoms with Gasteiger partial charge < -0.3 is 10.1 Å². The van der Waals surface area contributed by atoms with Gasteiger partial charge in [0.2, 0.25) is 0 Å². The molecule has 4 nitrogen and oxygen atoms in total. The van der Waals surface area contributed by atoms with E-state index >= 15 is 0 Å². The van der Waals surface area contributed by atoms with Gasteiger partial charge in [-0.1, -0.05) is 0 Å². The van der Waals surface area contributed by atoms with E-state index in [9.17, 15) is 0 Å². The van der Waals surface area contributed by atoms with Crippen molar-refractivity contribution < 1.29 is 4.74 Å². The molecule has 6 heteroatoms. The molecule has 1 fully saturated rings. The molecule has 2 rings (SSSR count). The smallest absolute Gasteiger partial charge is 0.141 e. The first-order valence-electron chi connectivity index (χ1n) is 6.10. The molecule has 0 bridgehead atoms. The number of ether oxygens (including phenoxy) is 1. The van der Waals surface area contributed by atoms with Crippen LogP contribution in [0.3, 0.4) is 0 Å². The third-order valence-corrected chi connectivity index (χ3v) is 5.39. The minimum absolute atomic E-state index is 0.472. The van der Waals surface area contributed by atoms with Crippen molar-refractivity contribution in [2.75, 3.05) is 37.5 Å². The highest BCUT2D eigenvalue weighted by molar-refractivity contribution is 8.06. The van der Waals surface area contributed by atoms with Gasteiger partial charge in [0, 0.05) is 55.4 Å². The molecule has 0 radical (unpaired) electrons. The van der Waals surface area contributed by atoms with E-state index in [1.807, 2.05) is 35.9 Å². The maximum atomic E-state index is 4.98. The lowest BCUT2D eigenvalue weighted by Gasteiger charge is -2.19. The summed E-state index contributed by atoms with van der Waals surface area (Å²) in [5.41, 5.74) is 1.13. The van der Waals surface area contributed by atoms with E-state index in [4.69, 9.17) is 4.74 Å². The number of hydrogen-bond donors (Lipinski definition) is 1. The van der Waals surface area contributed by atoms with Crippen molar-refractivity contribution in [2.45, 2.75) is 11.8 Å². The molecular weight excluding hydrogens is 266 g/mol. The normalized spacial score (nSPS) is 19.9. The largest absolute Gasteiger partial charge is 0.383 e. The van der Waals surface area contributed by atoms with E-state index < -0.39 is 0 Å². The maximum absolute atomic E-state index is 4.98. The predicted molar refractivity (Wildman–Crippen MR) is 78.1 cm³/mol. The van der Waals surface area contributed by atoms with Crippen molar-refractivity contribution in [3.05, 3.63) is 23.8 Å². The zero-order valence-electron chi connectivity index (χ0n) is 10.6. The molecule has 100 valence electrons. The summed E-state index contributed by atoms with van der Waals surface area (Å²) in [7, 11) is 1.71. The zero-order valence-corrected chi connectivity index (χ0v) is 12.2. The summed E-state index contributed by atoms with van der Waals surface area (Å²) >= 11 is 3.96. The Morgan fingerprint density at radius 2 is 2.22 bits per heavy atom. The summed E-state index contributed by atoms with van der Waals surface area (Å²) in [5.74, 6) is 4.57. The first-order chi connectivity index (χ1) is 8.90. The molecule has 0 saturated carbocycles. The molecule has 1 unspecified atom stereocenters. The van der Waals surface area contributed by atoms with Crippen LogP contribution in [0.25, 0.3) is 0 Å². The number of nitrogens with one attached hydrogen (secondary N) is 1. The van der Waals surface area contributed by atoms with Crippen molar-refractivity contribution in [1.82, 2.24) is 15.3 Å². The minimum atomic E-state index is 0.472. The molecule has 0 aromatic carbocycles. The Kier molecular flexibility index (Phi) is 6.26. The fourth-order valence-corrected chi connectivity index (χ4v) is 4.28. The van der Waals surface area contributed by atoms with E-state index in [1.54, 1.807) is 7.11 Å². The summed E-state index contributed by atoms with van der Waals surface area (Å²) in [6.07, 6.45) is 3.87. The van der Waals surface area contributed by atoms with Gasteiger partial charge in [-0.2, -0.15) is 11.8 Å². The highest BCUT2D eigenvalue weighted by Crippen LogP contribution is 2.34. The second-order valence-electron chi connectivity index (χ2n) is 4.05. The summed E-state index contributed by atoms with van der Waals surface area (Å²) in [6.45, 7) is 2.39. The van der Waals surface area contributed by atoms with Crippen LogP contribution in [0, 0.1) is 0 Å². The number of methoxy groups -OCH3 is 1. The number of thioether (sulfide) groups is 2. The van der Waals surface area contributed by atoms with Crippen molar-refractivity contribution in [1.29, 1.82) is 0 Å². The van der Waals surface area contributed by atoms with E-state index in [0.717, 1.165) is 36.8 Å². The number of hydrogen-bond acceptors (Lipinski definition) is 6. The molecule has 1 aromatic heterocycles. The second kappa shape index (κ2) is 7.99. The fourth-order valence-electron chi connectivity index (χ4n) is 1.67. The van der Waals surface area contributed by atoms with Crippen LogP contribution in [0.5, 0.6) is 0 Å². The van der Waals surface area contributed by atoms with Crippen LogP contribution < -0.4 is 5.32 Å². The van der Waals surface area contributed by atoms with Gasteiger partial charge in [-0.15, -0.1) is 11.8 Å². The molecule has 1 saturated heterocycles. The summed E-state index contributed by atoms with van der Waals surface area (Å²) in [5, 5.41) is 3.76. The van der Waals surface area contributed by atoms with Gasteiger partial charge in [-0.3, -0.25) is 0 Å². The average molecular weight is 285 g/mol. The van der Waals surface area contributed by atoms with E-state index in [1.165, 1.54) is 11.5 Å². The molecule has 2 heterocycles. The number of nitrogens with zero attached hydrogens (tertiary/aromatic N) is 2. The summed E-state index contributed by atoms with van der Waals surface area (Å²) in [4.78, 5) is 8.97. The van der Waals surface area contributed by atoms with Gasteiger partial charge in [0.15, 0.2) is 0 Å². The highest BCUT2D eigenvalue weighted by atomic mass is 32.2. The van der Waals surface area contributed by atoms with Gasteiger partial charge in [-0.25, -0.2) is 9.97 Å². The van der Waals surface area contributed by atoms with Crippen molar-refractivity contribution >= 4 is 23.5 Å². The van der Waals surface area contributed by atoms with E-state index in [-0.39, 0.29) is 0 Å². The van der Waals surface area contributed by atoms with Crippen molar-refractivity contribution in [3.8, 4) is 0 Å². The molecule has 1 N–H and O–H groups in total. The Morgan fingerprint density at radius 3 is 2.89 bits per heavy atom. The van der Waals surface area contributed by atoms with Crippen LogP contribution in [0.15, 0.2) is 12.4 Å². The zero-order chi connectivity index (χ0) is 12.6. The number of rotatable bonds is 6. The Labute approximate surface area is 117 Å².